The highest BCUT2D eigenvalue weighted by Gasteiger charge is 2.44. The van der Waals surface area contributed by atoms with E-state index < -0.39 is 0 Å². The van der Waals surface area contributed by atoms with Gasteiger partial charge < -0.3 is 5.32 Å². The van der Waals surface area contributed by atoms with E-state index in [2.05, 4.69) is 41.7 Å². The summed E-state index contributed by atoms with van der Waals surface area (Å²) in [6.45, 7) is 0. The predicted molar refractivity (Wildman–Crippen MR) is 79.0 cm³/mol. The fourth-order valence-electron chi connectivity index (χ4n) is 3.40. The van der Waals surface area contributed by atoms with Gasteiger partial charge >= 0.3 is 0 Å². The molecule has 1 amide bonds. The Morgan fingerprint density at radius 1 is 0.900 bits per heavy atom. The average Bonchev–Trinajstić information content (AvgIpc) is 2.86. The van der Waals surface area contributed by atoms with Crippen molar-refractivity contribution in [3.05, 3.63) is 77.4 Å². The third-order valence-corrected chi connectivity index (χ3v) is 4.34. The molecule has 1 aliphatic carbocycles. The molecule has 1 aliphatic heterocycles. The van der Waals surface area contributed by atoms with Crippen LogP contribution < -0.4 is 5.32 Å². The first-order valence-electron chi connectivity index (χ1n) is 6.97. The number of amides is 1. The van der Waals surface area contributed by atoms with Crippen molar-refractivity contribution in [2.45, 2.75) is 12.0 Å². The van der Waals surface area contributed by atoms with Crippen molar-refractivity contribution in [2.75, 3.05) is 0 Å². The summed E-state index contributed by atoms with van der Waals surface area (Å²) in [5, 5.41) is 3.16. The highest BCUT2D eigenvalue weighted by Crippen LogP contribution is 2.45. The molecule has 0 radical (unpaired) electrons. The van der Waals surface area contributed by atoms with Gasteiger partial charge in [0.25, 0.3) is 0 Å². The molecule has 1 heterocycles. The maximum atomic E-state index is 12.4. The Hall–Kier alpha value is -2.35. The minimum atomic E-state index is -0.0543. The first kappa shape index (κ1) is 11.5. The molecule has 4 rings (SSSR count). The molecule has 98 valence electrons. The fourth-order valence-corrected chi connectivity index (χ4v) is 3.40. The summed E-state index contributed by atoms with van der Waals surface area (Å²) < 4.78 is 0. The van der Waals surface area contributed by atoms with Crippen LogP contribution in [0.15, 0.2) is 60.7 Å². The second kappa shape index (κ2) is 4.34. The van der Waals surface area contributed by atoms with Crippen molar-refractivity contribution in [3.8, 4) is 0 Å². The maximum absolute atomic E-state index is 12.4. The van der Waals surface area contributed by atoms with E-state index >= 15 is 0 Å². The molecule has 0 bridgehead atoms. The smallest absolute Gasteiger partial charge is 0.228 e. The fraction of sp³-hybridized carbons (Fsp3) is 0.167. The molecule has 3 atom stereocenters. The quantitative estimate of drug-likeness (QED) is 0.838. The van der Waals surface area contributed by atoms with Gasteiger partial charge in [0.05, 0.1) is 12.0 Å². The van der Waals surface area contributed by atoms with Gasteiger partial charge in [-0.1, -0.05) is 66.7 Å². The van der Waals surface area contributed by atoms with E-state index in [1.165, 1.54) is 5.56 Å². The second-order valence-electron chi connectivity index (χ2n) is 5.44. The van der Waals surface area contributed by atoms with Gasteiger partial charge in [-0.25, -0.2) is 0 Å². The minimum Gasteiger partial charge on any atom is -0.348 e. The first-order valence-corrected chi connectivity index (χ1v) is 6.97. The van der Waals surface area contributed by atoms with Gasteiger partial charge in [-0.05, 0) is 16.7 Å². The highest BCUT2D eigenvalue weighted by atomic mass is 16.2. The molecule has 2 heteroatoms. The maximum Gasteiger partial charge on any atom is 0.228 e. The highest BCUT2D eigenvalue weighted by molar-refractivity contribution is 5.90. The van der Waals surface area contributed by atoms with E-state index in [0.29, 0.717) is 0 Å². The Labute approximate surface area is 118 Å². The topological polar surface area (TPSA) is 29.1 Å². The lowest BCUT2D eigenvalue weighted by Crippen LogP contribution is -2.20. The second-order valence-corrected chi connectivity index (χ2v) is 5.44. The van der Waals surface area contributed by atoms with E-state index in [1.807, 2.05) is 30.3 Å². The van der Waals surface area contributed by atoms with Crippen LogP contribution in [0, 0.1) is 5.92 Å². The molecule has 0 saturated carbocycles. The number of rotatable bonds is 1. The lowest BCUT2D eigenvalue weighted by Gasteiger charge is -2.24. The molecule has 1 saturated heterocycles. The van der Waals surface area contributed by atoms with Gasteiger partial charge in [0.1, 0.15) is 0 Å². The van der Waals surface area contributed by atoms with Crippen LogP contribution in [-0.4, -0.2) is 5.91 Å². The molecule has 2 aliphatic rings. The molecule has 0 unspecified atom stereocenters. The Bertz CT molecular complexity index is 690. The summed E-state index contributed by atoms with van der Waals surface area (Å²) in [5.74, 6) is 0.293. The van der Waals surface area contributed by atoms with Crippen LogP contribution in [0.3, 0.4) is 0 Å². The number of carbonyl (C=O) groups is 1. The minimum absolute atomic E-state index is 0.0543. The Morgan fingerprint density at radius 3 is 2.50 bits per heavy atom. The number of nitrogens with one attached hydrogen (secondary N) is 1. The molecule has 2 aromatic carbocycles. The van der Waals surface area contributed by atoms with E-state index in [0.717, 1.165) is 11.1 Å². The molecular formula is C18H15NO. The molecule has 2 nitrogen and oxygen atoms in total. The van der Waals surface area contributed by atoms with Gasteiger partial charge in [0.15, 0.2) is 0 Å². The van der Waals surface area contributed by atoms with Gasteiger partial charge in [-0.3, -0.25) is 4.79 Å². The third kappa shape index (κ3) is 1.61. The van der Waals surface area contributed by atoms with E-state index in [4.69, 9.17) is 0 Å². The first-order chi connectivity index (χ1) is 9.84. The van der Waals surface area contributed by atoms with E-state index in [-0.39, 0.29) is 23.8 Å². The normalized spacial score (nSPS) is 26.8. The van der Waals surface area contributed by atoms with Crippen molar-refractivity contribution >= 4 is 12.0 Å². The van der Waals surface area contributed by atoms with Crippen molar-refractivity contribution in [2.24, 2.45) is 5.92 Å². The Morgan fingerprint density at radius 2 is 1.65 bits per heavy atom. The molecule has 20 heavy (non-hydrogen) atoms. The molecule has 1 N–H and O–H groups in total. The third-order valence-electron chi connectivity index (χ3n) is 4.34. The molecule has 0 spiro atoms. The number of hydrogen-bond donors (Lipinski definition) is 1. The zero-order valence-electron chi connectivity index (χ0n) is 11.0. The molecule has 1 fully saturated rings. The van der Waals surface area contributed by atoms with Crippen molar-refractivity contribution < 1.29 is 4.79 Å². The van der Waals surface area contributed by atoms with Crippen LogP contribution in [0.4, 0.5) is 0 Å². The lowest BCUT2D eigenvalue weighted by atomic mass is 9.77. The molecule has 0 aromatic heterocycles. The number of benzene rings is 2. The summed E-state index contributed by atoms with van der Waals surface area (Å²) in [6.07, 6.45) is 4.33. The van der Waals surface area contributed by atoms with Crippen molar-refractivity contribution in [1.82, 2.24) is 5.32 Å². The van der Waals surface area contributed by atoms with Crippen LogP contribution >= 0.6 is 0 Å². The monoisotopic (exact) mass is 261 g/mol. The van der Waals surface area contributed by atoms with Crippen LogP contribution in [-0.2, 0) is 4.79 Å². The summed E-state index contributed by atoms with van der Waals surface area (Å²) >= 11 is 0. The largest absolute Gasteiger partial charge is 0.348 e. The summed E-state index contributed by atoms with van der Waals surface area (Å²) in [4.78, 5) is 12.4. The van der Waals surface area contributed by atoms with Crippen LogP contribution in [0.25, 0.3) is 6.08 Å². The van der Waals surface area contributed by atoms with Crippen LogP contribution in [0.1, 0.15) is 28.7 Å². The summed E-state index contributed by atoms with van der Waals surface area (Å²) in [7, 11) is 0. The zero-order chi connectivity index (χ0) is 13.5. The van der Waals surface area contributed by atoms with Crippen molar-refractivity contribution in [1.29, 1.82) is 0 Å². The van der Waals surface area contributed by atoms with Gasteiger partial charge in [0.2, 0.25) is 5.91 Å². The zero-order valence-corrected chi connectivity index (χ0v) is 11.0. The Balaban J connectivity index is 1.79. The SMILES string of the molecule is O=C1N[C@@H](c2ccccc2)[C@@H]2C=Cc3ccccc3[C@H]12. The number of carbonyl (C=O) groups excluding carboxylic acids is 1. The summed E-state index contributed by atoms with van der Waals surface area (Å²) in [5.41, 5.74) is 3.49. The van der Waals surface area contributed by atoms with Crippen LogP contribution in [0.5, 0.6) is 0 Å². The predicted octanol–water partition coefficient (Wildman–Crippen LogP) is 3.28. The average molecular weight is 261 g/mol. The van der Waals surface area contributed by atoms with Gasteiger partial charge in [-0.2, -0.15) is 0 Å². The number of fused-ring (bicyclic) bond motifs is 3. The van der Waals surface area contributed by atoms with E-state index in [1.54, 1.807) is 0 Å². The number of hydrogen-bond acceptors (Lipinski definition) is 1. The Kier molecular flexibility index (Phi) is 2.49. The lowest BCUT2D eigenvalue weighted by molar-refractivity contribution is -0.120. The van der Waals surface area contributed by atoms with Gasteiger partial charge in [0, 0.05) is 5.92 Å². The summed E-state index contributed by atoms with van der Waals surface area (Å²) in [6, 6.07) is 18.5. The van der Waals surface area contributed by atoms with Crippen molar-refractivity contribution in [3.63, 3.8) is 0 Å². The molecule has 2 aromatic rings. The van der Waals surface area contributed by atoms with Gasteiger partial charge in [-0.15, -0.1) is 0 Å². The van der Waals surface area contributed by atoms with E-state index in [9.17, 15) is 4.79 Å². The standard InChI is InChI=1S/C18H15NO/c20-18-16-14-9-5-4-6-12(14)10-11-15(16)17(19-18)13-7-2-1-3-8-13/h1-11,15-17H,(H,19,20)/t15-,16+,17+/m1/s1. The van der Waals surface area contributed by atoms with Crippen LogP contribution in [0.2, 0.25) is 0 Å². The molecular weight excluding hydrogens is 246 g/mol.